The van der Waals surface area contributed by atoms with Gasteiger partial charge in [0.1, 0.15) is 5.75 Å². The number of nitrogens with one attached hydrogen (secondary N) is 1. The van der Waals surface area contributed by atoms with Gasteiger partial charge in [-0.1, -0.05) is 18.5 Å². The van der Waals surface area contributed by atoms with Crippen molar-refractivity contribution in [3.05, 3.63) is 29.3 Å². The Balaban J connectivity index is 1.67. The lowest BCUT2D eigenvalue weighted by Crippen LogP contribution is -2.46. The molecule has 0 aliphatic carbocycles. The molecule has 3 nitrogen and oxygen atoms in total. The number of ether oxygens (including phenoxy) is 1. The van der Waals surface area contributed by atoms with Gasteiger partial charge in [0.05, 0.1) is 6.61 Å². The van der Waals surface area contributed by atoms with Crippen molar-refractivity contribution >= 4 is 11.6 Å². The number of likely N-dealkylation sites (N-methyl/N-ethyl adjacent to an activating group) is 1. The Hall–Kier alpha value is -0.770. The number of benzene rings is 1. The first-order chi connectivity index (χ1) is 9.79. The van der Waals surface area contributed by atoms with Crippen molar-refractivity contribution in [1.82, 2.24) is 10.2 Å². The van der Waals surface area contributed by atoms with Gasteiger partial charge in [-0.05, 0) is 56.6 Å². The highest BCUT2D eigenvalue weighted by molar-refractivity contribution is 6.30. The molecule has 112 valence electrons. The average Bonchev–Trinajstić information content (AvgIpc) is 2.50. The molecule has 1 heterocycles. The predicted molar refractivity (Wildman–Crippen MR) is 84.7 cm³/mol. The van der Waals surface area contributed by atoms with E-state index >= 15 is 0 Å². The zero-order valence-corrected chi connectivity index (χ0v) is 13.0. The third-order valence-corrected chi connectivity index (χ3v) is 4.12. The molecule has 1 aromatic rings. The Labute approximate surface area is 127 Å². The highest BCUT2D eigenvalue weighted by atomic mass is 35.5. The quantitative estimate of drug-likeness (QED) is 0.782. The molecule has 0 amide bonds. The van der Waals surface area contributed by atoms with E-state index in [4.69, 9.17) is 16.3 Å². The fraction of sp³-hybridized carbons (Fsp3) is 0.625. The van der Waals surface area contributed by atoms with Gasteiger partial charge in [0.25, 0.3) is 0 Å². The molecule has 1 unspecified atom stereocenters. The molecular formula is C16H25ClN2O. The van der Waals surface area contributed by atoms with E-state index < -0.39 is 0 Å². The fourth-order valence-corrected chi connectivity index (χ4v) is 2.86. The molecule has 0 aromatic heterocycles. The summed E-state index contributed by atoms with van der Waals surface area (Å²) in [6.45, 7) is 7.54. The number of halogens is 1. The van der Waals surface area contributed by atoms with E-state index in [9.17, 15) is 0 Å². The van der Waals surface area contributed by atoms with E-state index in [0.717, 1.165) is 43.4 Å². The molecule has 1 atom stereocenters. The summed E-state index contributed by atoms with van der Waals surface area (Å²) in [4.78, 5) is 2.57. The normalized spacial score (nSPS) is 19.2. The zero-order chi connectivity index (χ0) is 14.2. The molecule has 0 radical (unpaired) electrons. The molecule has 1 aromatic carbocycles. The highest BCUT2D eigenvalue weighted by Gasteiger charge is 2.18. The van der Waals surface area contributed by atoms with E-state index in [-0.39, 0.29) is 0 Å². The first kappa shape index (κ1) is 15.6. The topological polar surface area (TPSA) is 24.5 Å². The standard InChI is InChI=1S/C16H25ClN2O/c1-2-19(15-5-3-10-18-13-15)11-4-12-20-16-8-6-14(17)7-9-16/h6-9,15,18H,2-5,10-13H2,1H3. The molecule has 1 saturated heterocycles. The molecule has 0 spiro atoms. The summed E-state index contributed by atoms with van der Waals surface area (Å²) in [5.41, 5.74) is 0. The molecule has 1 aliphatic rings. The first-order valence-corrected chi connectivity index (χ1v) is 8.00. The van der Waals surface area contributed by atoms with Crippen LogP contribution in [0.4, 0.5) is 0 Å². The number of rotatable bonds is 7. The minimum absolute atomic E-state index is 0.698. The van der Waals surface area contributed by atoms with Crippen molar-refractivity contribution in [2.24, 2.45) is 0 Å². The van der Waals surface area contributed by atoms with Gasteiger partial charge in [0.2, 0.25) is 0 Å². The molecule has 0 bridgehead atoms. The molecule has 0 saturated carbocycles. The summed E-state index contributed by atoms with van der Waals surface area (Å²) in [6, 6.07) is 8.27. The Morgan fingerprint density at radius 3 is 2.80 bits per heavy atom. The maximum atomic E-state index is 5.85. The van der Waals surface area contributed by atoms with E-state index in [1.165, 1.54) is 19.4 Å². The van der Waals surface area contributed by atoms with Crippen LogP contribution in [0.15, 0.2) is 24.3 Å². The molecule has 1 fully saturated rings. The molecular weight excluding hydrogens is 272 g/mol. The second kappa shape index (κ2) is 8.50. The van der Waals surface area contributed by atoms with E-state index in [2.05, 4.69) is 17.1 Å². The van der Waals surface area contributed by atoms with Gasteiger partial charge in [0.15, 0.2) is 0 Å². The van der Waals surface area contributed by atoms with Crippen molar-refractivity contribution in [3.63, 3.8) is 0 Å². The third-order valence-electron chi connectivity index (χ3n) is 3.87. The van der Waals surface area contributed by atoms with Crippen molar-refractivity contribution in [2.75, 3.05) is 32.8 Å². The Bertz CT molecular complexity index is 377. The minimum Gasteiger partial charge on any atom is -0.494 e. The molecule has 2 rings (SSSR count). The summed E-state index contributed by atoms with van der Waals surface area (Å²) >= 11 is 5.85. The van der Waals surface area contributed by atoms with E-state index in [0.29, 0.717) is 6.04 Å². The van der Waals surface area contributed by atoms with Crippen LogP contribution in [0, 0.1) is 0 Å². The second-order valence-electron chi connectivity index (χ2n) is 5.28. The van der Waals surface area contributed by atoms with Gasteiger partial charge in [0, 0.05) is 24.2 Å². The van der Waals surface area contributed by atoms with Gasteiger partial charge < -0.3 is 10.1 Å². The Kier molecular flexibility index (Phi) is 6.64. The third kappa shape index (κ3) is 4.97. The molecule has 1 N–H and O–H groups in total. The zero-order valence-electron chi connectivity index (χ0n) is 12.3. The number of piperidine rings is 1. The summed E-state index contributed by atoms with van der Waals surface area (Å²) in [6.07, 6.45) is 3.67. The highest BCUT2D eigenvalue weighted by Crippen LogP contribution is 2.16. The van der Waals surface area contributed by atoms with Crippen molar-refractivity contribution in [2.45, 2.75) is 32.2 Å². The number of hydrogen-bond acceptors (Lipinski definition) is 3. The summed E-state index contributed by atoms with van der Waals surface area (Å²) in [5.74, 6) is 0.900. The second-order valence-corrected chi connectivity index (χ2v) is 5.72. The van der Waals surface area contributed by atoms with E-state index in [1.807, 2.05) is 24.3 Å². The number of nitrogens with zero attached hydrogens (tertiary/aromatic N) is 1. The molecule has 20 heavy (non-hydrogen) atoms. The van der Waals surface area contributed by atoms with Crippen LogP contribution in [-0.2, 0) is 0 Å². The minimum atomic E-state index is 0.698. The van der Waals surface area contributed by atoms with Crippen LogP contribution in [0.3, 0.4) is 0 Å². The van der Waals surface area contributed by atoms with Crippen LogP contribution in [0.1, 0.15) is 26.2 Å². The fourth-order valence-electron chi connectivity index (χ4n) is 2.73. The summed E-state index contributed by atoms with van der Waals surface area (Å²) in [7, 11) is 0. The van der Waals surface area contributed by atoms with Crippen LogP contribution in [0.25, 0.3) is 0 Å². The van der Waals surface area contributed by atoms with Crippen molar-refractivity contribution in [1.29, 1.82) is 0 Å². The van der Waals surface area contributed by atoms with Crippen molar-refractivity contribution in [3.8, 4) is 5.75 Å². The van der Waals surface area contributed by atoms with Crippen LogP contribution in [0.2, 0.25) is 5.02 Å². The van der Waals surface area contributed by atoms with Crippen LogP contribution in [0.5, 0.6) is 5.75 Å². The number of hydrogen-bond donors (Lipinski definition) is 1. The van der Waals surface area contributed by atoms with E-state index in [1.54, 1.807) is 0 Å². The maximum absolute atomic E-state index is 5.85. The van der Waals surface area contributed by atoms with Crippen LogP contribution in [-0.4, -0.2) is 43.7 Å². The molecule has 4 heteroatoms. The van der Waals surface area contributed by atoms with Crippen LogP contribution >= 0.6 is 11.6 Å². The SMILES string of the molecule is CCN(CCCOc1ccc(Cl)cc1)C1CCCNC1. The van der Waals surface area contributed by atoms with Gasteiger partial charge >= 0.3 is 0 Å². The Morgan fingerprint density at radius 1 is 1.35 bits per heavy atom. The molecule has 1 aliphatic heterocycles. The Morgan fingerprint density at radius 2 is 2.15 bits per heavy atom. The maximum Gasteiger partial charge on any atom is 0.119 e. The predicted octanol–water partition coefficient (Wildman–Crippen LogP) is 3.18. The largest absolute Gasteiger partial charge is 0.494 e. The van der Waals surface area contributed by atoms with Gasteiger partial charge in [-0.3, -0.25) is 4.90 Å². The monoisotopic (exact) mass is 296 g/mol. The summed E-state index contributed by atoms with van der Waals surface area (Å²) < 4.78 is 5.74. The van der Waals surface area contributed by atoms with Gasteiger partial charge in [-0.2, -0.15) is 0 Å². The lowest BCUT2D eigenvalue weighted by atomic mass is 10.1. The average molecular weight is 297 g/mol. The van der Waals surface area contributed by atoms with Gasteiger partial charge in [-0.15, -0.1) is 0 Å². The summed E-state index contributed by atoms with van der Waals surface area (Å²) in [5, 5.41) is 4.24. The first-order valence-electron chi connectivity index (χ1n) is 7.62. The lowest BCUT2D eigenvalue weighted by Gasteiger charge is -2.33. The lowest BCUT2D eigenvalue weighted by molar-refractivity contribution is 0.160. The van der Waals surface area contributed by atoms with Crippen molar-refractivity contribution < 1.29 is 4.74 Å². The van der Waals surface area contributed by atoms with Crippen LogP contribution < -0.4 is 10.1 Å². The van der Waals surface area contributed by atoms with Gasteiger partial charge in [-0.25, -0.2) is 0 Å². The smallest absolute Gasteiger partial charge is 0.119 e.